The maximum atomic E-state index is 4.96. The molecule has 0 bridgehead atoms. The Hall–Kier alpha value is -5.53. The van der Waals surface area contributed by atoms with Gasteiger partial charge in [-0.25, -0.2) is 0 Å². The van der Waals surface area contributed by atoms with Gasteiger partial charge in [-0.2, -0.15) is 0 Å². The molecule has 0 saturated carbocycles. The molecule has 1 aliphatic carbocycles. The van der Waals surface area contributed by atoms with Crippen LogP contribution in [0.4, 0.5) is 0 Å². The van der Waals surface area contributed by atoms with Crippen LogP contribution in [0.15, 0.2) is 158 Å². The van der Waals surface area contributed by atoms with Gasteiger partial charge in [-0.3, -0.25) is 4.98 Å². The number of hydrogen-bond acceptors (Lipinski definition) is 1. The summed E-state index contributed by atoms with van der Waals surface area (Å²) in [6, 6.07) is 55.2. The third-order valence-corrected chi connectivity index (χ3v) is 9.90. The molecule has 7 aromatic rings. The van der Waals surface area contributed by atoms with E-state index in [4.69, 9.17) is 4.98 Å². The lowest BCUT2D eigenvalue weighted by Crippen LogP contribution is -2.15. The zero-order valence-corrected chi connectivity index (χ0v) is 27.2. The van der Waals surface area contributed by atoms with Crippen LogP contribution in [-0.4, -0.2) is 4.98 Å². The van der Waals surface area contributed by atoms with E-state index in [0.717, 1.165) is 28.8 Å². The number of nitrogens with zero attached hydrogens (tertiary/aromatic N) is 1. The highest BCUT2D eigenvalue weighted by atomic mass is 14.7. The van der Waals surface area contributed by atoms with Gasteiger partial charge in [0.25, 0.3) is 0 Å². The number of aromatic nitrogens is 1. The normalized spacial score (nSPS) is 12.8. The molecule has 0 amide bonds. The molecule has 6 aromatic carbocycles. The molecule has 0 fully saturated rings. The monoisotopic (exact) mass is 603 g/mol. The predicted molar refractivity (Wildman–Crippen MR) is 198 cm³/mol. The standard InChI is InChI=1S/C46H37N/c1-4-31-19-22-41-42-23-20-39(29-44(42)46(2,3)43(41)25-31)45-24-21-40(30-47-45)38-18-10-17-37(28-38)36-16-9-15-35(27-36)34-14-8-13-33(26-34)32-11-6-5-7-12-32/h5-30H,4H2,1-3H3. The van der Waals surface area contributed by atoms with E-state index in [-0.39, 0.29) is 5.41 Å². The van der Waals surface area contributed by atoms with Gasteiger partial charge in [0.05, 0.1) is 5.69 Å². The van der Waals surface area contributed by atoms with Crippen LogP contribution in [0, 0.1) is 0 Å². The summed E-state index contributed by atoms with van der Waals surface area (Å²) in [4.78, 5) is 4.96. The van der Waals surface area contributed by atoms with Crippen molar-refractivity contribution in [2.24, 2.45) is 0 Å². The average molecular weight is 604 g/mol. The fraction of sp³-hybridized carbons (Fsp3) is 0.109. The van der Waals surface area contributed by atoms with Gasteiger partial charge in [0.2, 0.25) is 0 Å². The number of pyridine rings is 1. The van der Waals surface area contributed by atoms with E-state index in [1.54, 1.807) is 0 Å². The van der Waals surface area contributed by atoms with Crippen LogP contribution in [0.2, 0.25) is 0 Å². The van der Waals surface area contributed by atoms with Gasteiger partial charge in [0.1, 0.15) is 0 Å². The highest BCUT2D eigenvalue weighted by Crippen LogP contribution is 2.50. The first-order valence-electron chi connectivity index (χ1n) is 16.6. The van der Waals surface area contributed by atoms with Crippen molar-refractivity contribution in [2.45, 2.75) is 32.6 Å². The summed E-state index contributed by atoms with van der Waals surface area (Å²) in [7, 11) is 0. The van der Waals surface area contributed by atoms with Crippen LogP contribution in [0.5, 0.6) is 0 Å². The second-order valence-corrected chi connectivity index (χ2v) is 13.2. The molecular formula is C46H37N. The summed E-state index contributed by atoms with van der Waals surface area (Å²) in [5.74, 6) is 0. The van der Waals surface area contributed by atoms with Gasteiger partial charge in [0, 0.05) is 22.7 Å². The quantitative estimate of drug-likeness (QED) is 0.184. The van der Waals surface area contributed by atoms with Gasteiger partial charge in [-0.1, -0.05) is 142 Å². The van der Waals surface area contributed by atoms with Crippen LogP contribution in [0.3, 0.4) is 0 Å². The number of benzene rings is 6. The Labute approximate surface area is 278 Å². The van der Waals surface area contributed by atoms with Crippen molar-refractivity contribution in [2.75, 3.05) is 0 Å². The van der Waals surface area contributed by atoms with Crippen molar-refractivity contribution in [3.05, 3.63) is 175 Å². The molecule has 0 spiro atoms. The van der Waals surface area contributed by atoms with E-state index >= 15 is 0 Å². The Morgan fingerprint density at radius 1 is 0.426 bits per heavy atom. The highest BCUT2D eigenvalue weighted by molar-refractivity contribution is 5.84. The molecule has 226 valence electrons. The molecule has 1 aliphatic rings. The highest BCUT2D eigenvalue weighted by Gasteiger charge is 2.35. The van der Waals surface area contributed by atoms with E-state index in [2.05, 4.69) is 172 Å². The summed E-state index contributed by atoms with van der Waals surface area (Å²) in [6.45, 7) is 6.93. The van der Waals surface area contributed by atoms with E-state index in [1.165, 1.54) is 61.2 Å². The number of fused-ring (bicyclic) bond motifs is 3. The SMILES string of the molecule is CCc1ccc2c(c1)C(C)(C)c1cc(-c3ccc(-c4cccc(-c5cccc(-c6cccc(-c7ccccc7)c6)c5)c4)cn3)ccc1-2. The first-order valence-corrected chi connectivity index (χ1v) is 16.6. The predicted octanol–water partition coefficient (Wildman–Crippen LogP) is 12.3. The van der Waals surface area contributed by atoms with Crippen LogP contribution < -0.4 is 0 Å². The first kappa shape index (κ1) is 28.9. The zero-order chi connectivity index (χ0) is 32.0. The summed E-state index contributed by atoms with van der Waals surface area (Å²) < 4.78 is 0. The summed E-state index contributed by atoms with van der Waals surface area (Å²) in [5, 5.41) is 0. The molecule has 47 heavy (non-hydrogen) atoms. The molecule has 1 aromatic heterocycles. The molecule has 0 unspecified atom stereocenters. The van der Waals surface area contributed by atoms with Crippen molar-refractivity contribution in [3.8, 4) is 66.9 Å². The van der Waals surface area contributed by atoms with Gasteiger partial charge in [-0.15, -0.1) is 0 Å². The Morgan fingerprint density at radius 3 is 1.47 bits per heavy atom. The molecule has 0 aliphatic heterocycles. The number of hydrogen-bond donors (Lipinski definition) is 0. The third kappa shape index (κ3) is 5.28. The Morgan fingerprint density at radius 2 is 0.915 bits per heavy atom. The van der Waals surface area contributed by atoms with Gasteiger partial charge in [-0.05, 0) is 104 Å². The molecule has 1 heteroatoms. The molecule has 0 saturated heterocycles. The average Bonchev–Trinajstić information content (AvgIpc) is 3.37. The van der Waals surface area contributed by atoms with Gasteiger partial charge < -0.3 is 0 Å². The summed E-state index contributed by atoms with van der Waals surface area (Å²) >= 11 is 0. The van der Waals surface area contributed by atoms with Gasteiger partial charge >= 0.3 is 0 Å². The van der Waals surface area contributed by atoms with Crippen LogP contribution >= 0.6 is 0 Å². The van der Waals surface area contributed by atoms with Crippen molar-refractivity contribution in [1.82, 2.24) is 4.98 Å². The molecule has 1 heterocycles. The summed E-state index contributed by atoms with van der Waals surface area (Å²) in [6.07, 6.45) is 3.07. The summed E-state index contributed by atoms with van der Waals surface area (Å²) in [5.41, 5.74) is 18.6. The van der Waals surface area contributed by atoms with Crippen molar-refractivity contribution in [1.29, 1.82) is 0 Å². The molecule has 0 N–H and O–H groups in total. The number of rotatable bonds is 6. The van der Waals surface area contributed by atoms with E-state index < -0.39 is 0 Å². The fourth-order valence-corrected chi connectivity index (χ4v) is 7.16. The Balaban J connectivity index is 1.06. The van der Waals surface area contributed by atoms with Crippen molar-refractivity contribution >= 4 is 0 Å². The minimum atomic E-state index is -0.0335. The minimum Gasteiger partial charge on any atom is -0.256 e. The topological polar surface area (TPSA) is 12.9 Å². The lowest BCUT2D eigenvalue weighted by molar-refractivity contribution is 0.659. The molecule has 0 atom stereocenters. The van der Waals surface area contributed by atoms with E-state index in [9.17, 15) is 0 Å². The zero-order valence-electron chi connectivity index (χ0n) is 27.2. The van der Waals surface area contributed by atoms with E-state index in [1.807, 2.05) is 6.20 Å². The lowest BCUT2D eigenvalue weighted by Gasteiger charge is -2.22. The Kier molecular flexibility index (Phi) is 7.18. The maximum Gasteiger partial charge on any atom is 0.0702 e. The van der Waals surface area contributed by atoms with Crippen molar-refractivity contribution < 1.29 is 0 Å². The molecule has 0 radical (unpaired) electrons. The van der Waals surface area contributed by atoms with E-state index in [0.29, 0.717) is 0 Å². The molecular weight excluding hydrogens is 567 g/mol. The second kappa shape index (κ2) is 11.7. The van der Waals surface area contributed by atoms with Gasteiger partial charge in [0.15, 0.2) is 0 Å². The molecule has 1 nitrogen and oxygen atoms in total. The van der Waals surface area contributed by atoms with Crippen LogP contribution in [0.25, 0.3) is 66.9 Å². The minimum absolute atomic E-state index is 0.0335. The first-order chi connectivity index (χ1) is 23.0. The van der Waals surface area contributed by atoms with Crippen LogP contribution in [-0.2, 0) is 11.8 Å². The smallest absolute Gasteiger partial charge is 0.0702 e. The lowest BCUT2D eigenvalue weighted by atomic mass is 9.81. The molecule has 8 rings (SSSR count). The number of aryl methyl sites for hydroxylation is 1. The second-order valence-electron chi connectivity index (χ2n) is 13.2. The maximum absolute atomic E-state index is 4.96. The van der Waals surface area contributed by atoms with Crippen molar-refractivity contribution in [3.63, 3.8) is 0 Å². The largest absolute Gasteiger partial charge is 0.256 e. The van der Waals surface area contributed by atoms with Crippen LogP contribution in [0.1, 0.15) is 37.5 Å². The third-order valence-electron chi connectivity index (χ3n) is 9.90. The Bertz CT molecular complexity index is 2240. The fourth-order valence-electron chi connectivity index (χ4n) is 7.16.